The van der Waals surface area contributed by atoms with Gasteiger partial charge in [0.1, 0.15) is 0 Å². The van der Waals surface area contributed by atoms with Crippen LogP contribution in [0.2, 0.25) is 0 Å². The topological polar surface area (TPSA) is 87.3 Å². The number of hydrogen-bond acceptors (Lipinski definition) is 3. The van der Waals surface area contributed by atoms with Gasteiger partial charge in [0.2, 0.25) is 5.91 Å². The summed E-state index contributed by atoms with van der Waals surface area (Å²) in [6.07, 6.45) is 0.0484. The second-order valence-electron chi connectivity index (χ2n) is 6.71. The third kappa shape index (κ3) is 5.54. The minimum absolute atomic E-state index is 0.0484. The Morgan fingerprint density at radius 1 is 0.767 bits per heavy atom. The van der Waals surface area contributed by atoms with Crippen LogP contribution in [0.3, 0.4) is 0 Å². The first-order valence-electron chi connectivity index (χ1n) is 9.59. The van der Waals surface area contributed by atoms with E-state index < -0.39 is 6.04 Å². The number of nitrogens with one attached hydrogen (secondary N) is 3. The van der Waals surface area contributed by atoms with Gasteiger partial charge in [0, 0.05) is 23.9 Å². The molecule has 0 heterocycles. The third-order valence-electron chi connectivity index (χ3n) is 4.57. The van der Waals surface area contributed by atoms with Gasteiger partial charge >= 0.3 is 0 Å². The van der Waals surface area contributed by atoms with Crippen molar-refractivity contribution in [3.05, 3.63) is 102 Å². The SMILES string of the molecule is CNC(=O)c1cccc(NC(=O)CC(NC(=O)c2ccccc2)c2ccccc2)c1. The highest BCUT2D eigenvalue weighted by Gasteiger charge is 2.19. The summed E-state index contributed by atoms with van der Waals surface area (Å²) in [6.45, 7) is 0. The van der Waals surface area contributed by atoms with Crippen molar-refractivity contribution in [1.82, 2.24) is 10.6 Å². The van der Waals surface area contributed by atoms with E-state index in [4.69, 9.17) is 0 Å². The molecule has 152 valence electrons. The summed E-state index contributed by atoms with van der Waals surface area (Å²) in [7, 11) is 1.55. The number of benzene rings is 3. The maximum Gasteiger partial charge on any atom is 0.251 e. The largest absolute Gasteiger partial charge is 0.355 e. The molecule has 0 aliphatic heterocycles. The maximum absolute atomic E-state index is 12.7. The Morgan fingerprint density at radius 3 is 2.07 bits per heavy atom. The first-order valence-corrected chi connectivity index (χ1v) is 9.59. The van der Waals surface area contributed by atoms with E-state index in [1.165, 1.54) is 0 Å². The average Bonchev–Trinajstić information content (AvgIpc) is 2.79. The van der Waals surface area contributed by atoms with Crippen LogP contribution in [0.4, 0.5) is 5.69 Å². The van der Waals surface area contributed by atoms with Crippen molar-refractivity contribution in [1.29, 1.82) is 0 Å². The molecular formula is C24H23N3O3. The molecule has 0 spiro atoms. The smallest absolute Gasteiger partial charge is 0.251 e. The van der Waals surface area contributed by atoms with E-state index in [0.717, 1.165) is 5.56 Å². The molecule has 0 radical (unpaired) electrons. The van der Waals surface area contributed by atoms with Gasteiger partial charge < -0.3 is 16.0 Å². The molecule has 0 aromatic heterocycles. The number of carbonyl (C=O) groups is 3. The van der Waals surface area contributed by atoms with Crippen LogP contribution in [-0.4, -0.2) is 24.8 Å². The molecule has 3 aromatic rings. The van der Waals surface area contributed by atoms with Crippen molar-refractivity contribution in [2.45, 2.75) is 12.5 Å². The van der Waals surface area contributed by atoms with Crippen LogP contribution in [0.25, 0.3) is 0 Å². The van der Waals surface area contributed by atoms with Crippen LogP contribution in [-0.2, 0) is 4.79 Å². The molecule has 0 saturated heterocycles. The monoisotopic (exact) mass is 401 g/mol. The number of carbonyl (C=O) groups excluding carboxylic acids is 3. The van der Waals surface area contributed by atoms with Crippen LogP contribution in [0.1, 0.15) is 38.7 Å². The average molecular weight is 401 g/mol. The molecule has 30 heavy (non-hydrogen) atoms. The fourth-order valence-electron chi connectivity index (χ4n) is 3.05. The first-order chi connectivity index (χ1) is 14.6. The quantitative estimate of drug-likeness (QED) is 0.566. The summed E-state index contributed by atoms with van der Waals surface area (Å²) >= 11 is 0. The summed E-state index contributed by atoms with van der Waals surface area (Å²) in [4.78, 5) is 37.1. The minimum Gasteiger partial charge on any atom is -0.355 e. The van der Waals surface area contributed by atoms with Crippen molar-refractivity contribution in [3.63, 3.8) is 0 Å². The summed E-state index contributed by atoms with van der Waals surface area (Å²) in [6, 6.07) is 24.4. The predicted octanol–water partition coefficient (Wildman–Crippen LogP) is 3.55. The summed E-state index contributed by atoms with van der Waals surface area (Å²) in [5.41, 5.74) is 2.32. The molecule has 6 heteroatoms. The van der Waals surface area contributed by atoms with E-state index >= 15 is 0 Å². The van der Waals surface area contributed by atoms with Crippen LogP contribution in [0, 0.1) is 0 Å². The van der Waals surface area contributed by atoms with E-state index in [2.05, 4.69) is 16.0 Å². The molecule has 0 aliphatic rings. The third-order valence-corrected chi connectivity index (χ3v) is 4.57. The zero-order valence-electron chi connectivity index (χ0n) is 16.6. The lowest BCUT2D eigenvalue weighted by atomic mass is 10.0. The number of hydrogen-bond donors (Lipinski definition) is 3. The first kappa shape index (κ1) is 20.8. The van der Waals surface area contributed by atoms with Crippen molar-refractivity contribution in [2.24, 2.45) is 0 Å². The summed E-state index contributed by atoms with van der Waals surface area (Å²) in [5.74, 6) is -0.756. The lowest BCUT2D eigenvalue weighted by molar-refractivity contribution is -0.116. The van der Waals surface area contributed by atoms with E-state index in [0.29, 0.717) is 16.8 Å². The van der Waals surface area contributed by atoms with Gasteiger partial charge in [-0.1, -0.05) is 54.6 Å². The molecule has 3 amide bonds. The molecule has 3 rings (SSSR count). The van der Waals surface area contributed by atoms with E-state index in [1.54, 1.807) is 55.6 Å². The minimum atomic E-state index is -0.499. The number of anilines is 1. The van der Waals surface area contributed by atoms with Crippen LogP contribution < -0.4 is 16.0 Å². The highest BCUT2D eigenvalue weighted by atomic mass is 16.2. The lowest BCUT2D eigenvalue weighted by Crippen LogP contribution is -2.31. The molecule has 1 unspecified atom stereocenters. The highest BCUT2D eigenvalue weighted by molar-refractivity contribution is 5.98. The second-order valence-corrected chi connectivity index (χ2v) is 6.71. The Kier molecular flexibility index (Phi) is 6.95. The number of amides is 3. The fourth-order valence-corrected chi connectivity index (χ4v) is 3.05. The van der Waals surface area contributed by atoms with Gasteiger partial charge in [0.25, 0.3) is 11.8 Å². The van der Waals surface area contributed by atoms with Crippen LogP contribution >= 0.6 is 0 Å². The van der Waals surface area contributed by atoms with Crippen molar-refractivity contribution in [2.75, 3.05) is 12.4 Å². The zero-order valence-corrected chi connectivity index (χ0v) is 16.6. The summed E-state index contributed by atoms with van der Waals surface area (Å²) < 4.78 is 0. The highest BCUT2D eigenvalue weighted by Crippen LogP contribution is 2.19. The zero-order chi connectivity index (χ0) is 21.3. The van der Waals surface area contributed by atoms with Crippen molar-refractivity contribution >= 4 is 23.4 Å². The van der Waals surface area contributed by atoms with Gasteiger partial charge in [-0.25, -0.2) is 0 Å². The second kappa shape index (κ2) is 10.0. The van der Waals surface area contributed by atoms with Crippen LogP contribution in [0.15, 0.2) is 84.9 Å². The maximum atomic E-state index is 12.7. The lowest BCUT2D eigenvalue weighted by Gasteiger charge is -2.19. The van der Waals surface area contributed by atoms with Crippen molar-refractivity contribution < 1.29 is 14.4 Å². The molecular weight excluding hydrogens is 378 g/mol. The molecule has 3 aromatic carbocycles. The molecule has 6 nitrogen and oxygen atoms in total. The Morgan fingerprint density at radius 2 is 1.40 bits per heavy atom. The van der Waals surface area contributed by atoms with Gasteiger partial charge in [0.15, 0.2) is 0 Å². The Labute approximate surface area is 175 Å². The Hall–Kier alpha value is -3.93. The van der Waals surface area contributed by atoms with Crippen LogP contribution in [0.5, 0.6) is 0 Å². The van der Waals surface area contributed by atoms with Crippen molar-refractivity contribution in [3.8, 4) is 0 Å². The Balaban J connectivity index is 1.74. The molecule has 0 fully saturated rings. The van der Waals surface area contributed by atoms with Gasteiger partial charge in [-0.15, -0.1) is 0 Å². The van der Waals surface area contributed by atoms with Gasteiger partial charge in [-0.2, -0.15) is 0 Å². The molecule has 3 N–H and O–H groups in total. The van der Waals surface area contributed by atoms with Gasteiger partial charge in [-0.3, -0.25) is 14.4 Å². The standard InChI is InChI=1S/C24H23N3O3/c1-25-23(29)19-13-8-14-20(15-19)26-22(28)16-21(17-9-4-2-5-10-17)27-24(30)18-11-6-3-7-12-18/h2-15,21H,16H2,1H3,(H,25,29)(H,26,28)(H,27,30). The van der Waals surface area contributed by atoms with E-state index in [-0.39, 0.29) is 24.1 Å². The Bertz CT molecular complexity index is 1020. The normalized spacial score (nSPS) is 11.2. The number of rotatable bonds is 7. The summed E-state index contributed by atoms with van der Waals surface area (Å²) in [5, 5.41) is 8.30. The molecule has 0 aliphatic carbocycles. The predicted molar refractivity (Wildman–Crippen MR) is 116 cm³/mol. The molecule has 1 atom stereocenters. The van der Waals surface area contributed by atoms with Gasteiger partial charge in [0.05, 0.1) is 12.5 Å². The van der Waals surface area contributed by atoms with E-state index in [1.807, 2.05) is 36.4 Å². The molecule has 0 bridgehead atoms. The van der Waals surface area contributed by atoms with Gasteiger partial charge in [-0.05, 0) is 35.9 Å². The molecule has 0 saturated carbocycles. The fraction of sp³-hybridized carbons (Fsp3) is 0.125. The van der Waals surface area contributed by atoms with E-state index in [9.17, 15) is 14.4 Å².